The Bertz CT molecular complexity index is 306. The van der Waals surface area contributed by atoms with Crippen molar-refractivity contribution in [2.45, 2.75) is 19.6 Å². The Morgan fingerprint density at radius 2 is 2.44 bits per heavy atom. The SMILES string of the molecule is COCc1cc(CN2CCCNCC2)no1. The highest BCUT2D eigenvalue weighted by Gasteiger charge is 2.11. The maximum Gasteiger partial charge on any atom is 0.162 e. The normalized spacial score (nSPS) is 18.6. The van der Waals surface area contributed by atoms with Gasteiger partial charge in [-0.15, -0.1) is 0 Å². The van der Waals surface area contributed by atoms with E-state index in [9.17, 15) is 0 Å². The van der Waals surface area contributed by atoms with Crippen molar-refractivity contribution in [3.05, 3.63) is 17.5 Å². The second kappa shape index (κ2) is 5.98. The Kier molecular flexibility index (Phi) is 4.33. The van der Waals surface area contributed by atoms with E-state index < -0.39 is 0 Å². The first-order valence-electron chi connectivity index (χ1n) is 5.75. The molecule has 1 aromatic heterocycles. The molecule has 2 heterocycles. The molecule has 1 aliphatic heterocycles. The Labute approximate surface area is 95.7 Å². The van der Waals surface area contributed by atoms with E-state index in [0.717, 1.165) is 44.2 Å². The zero-order valence-electron chi connectivity index (χ0n) is 9.74. The number of hydrogen-bond donors (Lipinski definition) is 1. The average Bonchev–Trinajstić information content (AvgIpc) is 2.56. The lowest BCUT2D eigenvalue weighted by Gasteiger charge is -2.17. The fraction of sp³-hybridized carbons (Fsp3) is 0.727. The predicted octanol–water partition coefficient (Wildman–Crippen LogP) is 0.616. The van der Waals surface area contributed by atoms with Gasteiger partial charge in [-0.1, -0.05) is 5.16 Å². The van der Waals surface area contributed by atoms with Gasteiger partial charge in [0.25, 0.3) is 0 Å². The summed E-state index contributed by atoms with van der Waals surface area (Å²) in [6, 6.07) is 1.97. The molecule has 0 aromatic carbocycles. The third-order valence-electron chi connectivity index (χ3n) is 2.71. The predicted molar refractivity (Wildman–Crippen MR) is 60.0 cm³/mol. The first-order valence-corrected chi connectivity index (χ1v) is 5.75. The van der Waals surface area contributed by atoms with Gasteiger partial charge in [0.15, 0.2) is 5.76 Å². The van der Waals surface area contributed by atoms with E-state index in [2.05, 4.69) is 15.4 Å². The van der Waals surface area contributed by atoms with Crippen LogP contribution in [0.2, 0.25) is 0 Å². The van der Waals surface area contributed by atoms with Crippen LogP contribution in [0, 0.1) is 0 Å². The average molecular weight is 225 g/mol. The van der Waals surface area contributed by atoms with Crippen molar-refractivity contribution in [3.8, 4) is 0 Å². The third kappa shape index (κ3) is 3.30. The molecule has 2 rings (SSSR count). The number of rotatable bonds is 4. The molecular formula is C11H19N3O2. The highest BCUT2D eigenvalue weighted by atomic mass is 16.5. The molecule has 0 saturated carbocycles. The lowest BCUT2D eigenvalue weighted by Crippen LogP contribution is -2.27. The van der Waals surface area contributed by atoms with Gasteiger partial charge in [0.05, 0.1) is 5.69 Å². The molecule has 1 aromatic rings. The smallest absolute Gasteiger partial charge is 0.162 e. The maximum atomic E-state index is 5.16. The summed E-state index contributed by atoms with van der Waals surface area (Å²) in [6.45, 7) is 5.74. The number of nitrogens with one attached hydrogen (secondary N) is 1. The van der Waals surface area contributed by atoms with Crippen molar-refractivity contribution in [1.82, 2.24) is 15.4 Å². The van der Waals surface area contributed by atoms with Crippen LogP contribution >= 0.6 is 0 Å². The van der Waals surface area contributed by atoms with E-state index in [0.29, 0.717) is 6.61 Å². The number of methoxy groups -OCH3 is 1. The standard InChI is InChI=1S/C11H19N3O2/c1-15-9-11-7-10(13-16-11)8-14-5-2-3-12-4-6-14/h7,12H,2-6,8-9H2,1H3. The molecule has 0 atom stereocenters. The van der Waals surface area contributed by atoms with Gasteiger partial charge in [-0.05, 0) is 19.5 Å². The van der Waals surface area contributed by atoms with Crippen LogP contribution in [0.25, 0.3) is 0 Å². The number of hydrogen-bond acceptors (Lipinski definition) is 5. The van der Waals surface area contributed by atoms with E-state index in [1.54, 1.807) is 7.11 Å². The van der Waals surface area contributed by atoms with Gasteiger partial charge >= 0.3 is 0 Å². The summed E-state index contributed by atoms with van der Waals surface area (Å²) >= 11 is 0. The highest BCUT2D eigenvalue weighted by Crippen LogP contribution is 2.08. The fourth-order valence-electron chi connectivity index (χ4n) is 1.93. The molecule has 90 valence electrons. The van der Waals surface area contributed by atoms with Gasteiger partial charge < -0.3 is 14.6 Å². The largest absolute Gasteiger partial charge is 0.377 e. The van der Waals surface area contributed by atoms with Crippen LogP contribution < -0.4 is 5.32 Å². The Morgan fingerprint density at radius 3 is 3.31 bits per heavy atom. The zero-order chi connectivity index (χ0) is 11.2. The van der Waals surface area contributed by atoms with Crippen molar-refractivity contribution in [1.29, 1.82) is 0 Å². The number of aromatic nitrogens is 1. The van der Waals surface area contributed by atoms with E-state index >= 15 is 0 Å². The van der Waals surface area contributed by atoms with Crippen LogP contribution in [0.4, 0.5) is 0 Å². The summed E-state index contributed by atoms with van der Waals surface area (Å²) in [5.74, 6) is 0.797. The first kappa shape index (κ1) is 11.6. The monoisotopic (exact) mass is 225 g/mol. The summed E-state index contributed by atoms with van der Waals surface area (Å²) in [7, 11) is 1.66. The molecule has 1 aliphatic rings. The van der Waals surface area contributed by atoms with Gasteiger partial charge in [-0.2, -0.15) is 0 Å². The molecule has 5 heteroatoms. The number of nitrogens with zero attached hydrogens (tertiary/aromatic N) is 2. The van der Waals surface area contributed by atoms with Crippen LogP contribution in [-0.2, 0) is 17.9 Å². The fourth-order valence-corrected chi connectivity index (χ4v) is 1.93. The molecule has 0 spiro atoms. The van der Waals surface area contributed by atoms with Crippen LogP contribution in [-0.4, -0.2) is 43.3 Å². The molecule has 0 amide bonds. The summed E-state index contributed by atoms with van der Waals surface area (Å²) in [4.78, 5) is 2.40. The lowest BCUT2D eigenvalue weighted by molar-refractivity contribution is 0.155. The van der Waals surface area contributed by atoms with Gasteiger partial charge in [-0.25, -0.2) is 0 Å². The van der Waals surface area contributed by atoms with Crippen molar-refractivity contribution >= 4 is 0 Å². The van der Waals surface area contributed by atoms with E-state index in [1.807, 2.05) is 6.07 Å². The van der Waals surface area contributed by atoms with E-state index in [4.69, 9.17) is 9.26 Å². The second-order valence-electron chi connectivity index (χ2n) is 4.10. The topological polar surface area (TPSA) is 50.5 Å². The summed E-state index contributed by atoms with van der Waals surface area (Å²) in [5, 5.41) is 7.43. The summed E-state index contributed by atoms with van der Waals surface area (Å²) in [6.07, 6.45) is 1.20. The molecule has 0 bridgehead atoms. The molecule has 0 unspecified atom stereocenters. The summed E-state index contributed by atoms with van der Waals surface area (Å²) < 4.78 is 10.2. The quantitative estimate of drug-likeness (QED) is 0.814. The van der Waals surface area contributed by atoms with Gasteiger partial charge in [0.2, 0.25) is 0 Å². The molecule has 16 heavy (non-hydrogen) atoms. The Morgan fingerprint density at radius 1 is 1.50 bits per heavy atom. The number of ether oxygens (including phenoxy) is 1. The van der Waals surface area contributed by atoms with E-state index in [-0.39, 0.29) is 0 Å². The molecular weight excluding hydrogens is 206 g/mol. The minimum atomic E-state index is 0.495. The Balaban J connectivity index is 1.86. The Hall–Kier alpha value is -0.910. The van der Waals surface area contributed by atoms with Crippen LogP contribution in [0.5, 0.6) is 0 Å². The van der Waals surface area contributed by atoms with Crippen LogP contribution in [0.1, 0.15) is 17.9 Å². The molecule has 0 radical (unpaired) electrons. The lowest BCUT2D eigenvalue weighted by atomic mass is 10.3. The van der Waals surface area contributed by atoms with E-state index in [1.165, 1.54) is 6.42 Å². The molecule has 1 N–H and O–H groups in total. The van der Waals surface area contributed by atoms with Crippen LogP contribution in [0.3, 0.4) is 0 Å². The molecule has 1 fully saturated rings. The second-order valence-corrected chi connectivity index (χ2v) is 4.10. The minimum Gasteiger partial charge on any atom is -0.377 e. The zero-order valence-corrected chi connectivity index (χ0v) is 9.74. The van der Waals surface area contributed by atoms with Crippen molar-refractivity contribution in [2.24, 2.45) is 0 Å². The van der Waals surface area contributed by atoms with Gasteiger partial charge in [0.1, 0.15) is 6.61 Å². The first-order chi connectivity index (χ1) is 7.88. The van der Waals surface area contributed by atoms with Gasteiger partial charge in [-0.3, -0.25) is 4.90 Å². The van der Waals surface area contributed by atoms with Crippen molar-refractivity contribution in [2.75, 3.05) is 33.3 Å². The van der Waals surface area contributed by atoms with Gasteiger partial charge in [0, 0.05) is 32.8 Å². The van der Waals surface area contributed by atoms with Crippen molar-refractivity contribution < 1.29 is 9.26 Å². The summed E-state index contributed by atoms with van der Waals surface area (Å²) in [5.41, 5.74) is 0.994. The maximum absolute atomic E-state index is 5.16. The third-order valence-corrected chi connectivity index (χ3v) is 2.71. The highest BCUT2D eigenvalue weighted by molar-refractivity contribution is 5.04. The minimum absolute atomic E-state index is 0.495. The molecule has 5 nitrogen and oxygen atoms in total. The molecule has 0 aliphatic carbocycles. The van der Waals surface area contributed by atoms with Crippen molar-refractivity contribution in [3.63, 3.8) is 0 Å². The van der Waals surface area contributed by atoms with Crippen LogP contribution in [0.15, 0.2) is 10.6 Å². The molecule has 1 saturated heterocycles.